The fourth-order valence-corrected chi connectivity index (χ4v) is 3.23. The topological polar surface area (TPSA) is 16.1 Å². The molecule has 0 bridgehead atoms. The van der Waals surface area contributed by atoms with Crippen LogP contribution in [0, 0.1) is 17.7 Å². The van der Waals surface area contributed by atoms with E-state index < -0.39 is 0 Å². The van der Waals surface area contributed by atoms with Gasteiger partial charge in [-0.15, -0.1) is 24.8 Å². The van der Waals surface area contributed by atoms with Crippen molar-refractivity contribution in [1.29, 1.82) is 0 Å². The molecule has 0 radical (unpaired) electrons. The molecule has 0 atom stereocenters. The van der Waals surface area contributed by atoms with Crippen LogP contribution >= 0.6 is 24.8 Å². The Hall–Kier alpha value is -2.12. The standard InChI is InChI=1S/C22H19FN2.2ClH/c23-21-7-3-6-18(15-21)20-14-19-13-17(8-9-22(19)24-16-20)5-4-12-25-10-1-2-11-25;;/h3,6-9,13-16H,1-2,10-12H2;2*1H. The number of aromatic nitrogens is 1. The fraction of sp³-hybridized carbons (Fsp3) is 0.227. The fourth-order valence-electron chi connectivity index (χ4n) is 3.23. The van der Waals surface area contributed by atoms with Gasteiger partial charge >= 0.3 is 0 Å². The van der Waals surface area contributed by atoms with Gasteiger partial charge < -0.3 is 0 Å². The zero-order valence-electron chi connectivity index (χ0n) is 14.8. The molecule has 140 valence electrons. The summed E-state index contributed by atoms with van der Waals surface area (Å²) < 4.78 is 13.5. The lowest BCUT2D eigenvalue weighted by molar-refractivity contribution is 0.383. The number of nitrogens with zero attached hydrogens (tertiary/aromatic N) is 2. The minimum Gasteiger partial charge on any atom is -0.292 e. The molecule has 1 fully saturated rings. The van der Waals surface area contributed by atoms with Crippen molar-refractivity contribution in [1.82, 2.24) is 9.88 Å². The first-order chi connectivity index (χ1) is 12.3. The van der Waals surface area contributed by atoms with Crippen LogP contribution in [-0.2, 0) is 0 Å². The Morgan fingerprint density at radius 1 is 0.963 bits per heavy atom. The van der Waals surface area contributed by atoms with Gasteiger partial charge in [-0.25, -0.2) is 4.39 Å². The van der Waals surface area contributed by atoms with Crippen LogP contribution in [-0.4, -0.2) is 29.5 Å². The summed E-state index contributed by atoms with van der Waals surface area (Å²) in [6.45, 7) is 3.15. The minimum absolute atomic E-state index is 0. The molecule has 3 aromatic rings. The summed E-state index contributed by atoms with van der Waals surface area (Å²) in [4.78, 5) is 6.88. The highest BCUT2D eigenvalue weighted by Gasteiger charge is 2.08. The Kier molecular flexibility index (Phi) is 7.62. The predicted molar refractivity (Wildman–Crippen MR) is 114 cm³/mol. The Morgan fingerprint density at radius 2 is 1.78 bits per heavy atom. The molecule has 27 heavy (non-hydrogen) atoms. The highest BCUT2D eigenvalue weighted by molar-refractivity contribution is 5.86. The Balaban J connectivity index is 0.00000131. The van der Waals surface area contributed by atoms with E-state index >= 15 is 0 Å². The van der Waals surface area contributed by atoms with E-state index in [-0.39, 0.29) is 30.6 Å². The van der Waals surface area contributed by atoms with Crippen molar-refractivity contribution in [3.63, 3.8) is 0 Å². The Bertz CT molecular complexity index is 973. The van der Waals surface area contributed by atoms with Crippen molar-refractivity contribution in [2.45, 2.75) is 12.8 Å². The number of pyridine rings is 1. The molecule has 0 saturated carbocycles. The van der Waals surface area contributed by atoms with Gasteiger partial charge in [0.15, 0.2) is 0 Å². The highest BCUT2D eigenvalue weighted by atomic mass is 35.5. The van der Waals surface area contributed by atoms with Gasteiger partial charge in [0.25, 0.3) is 0 Å². The molecule has 0 N–H and O–H groups in total. The van der Waals surface area contributed by atoms with Gasteiger partial charge in [-0.3, -0.25) is 9.88 Å². The van der Waals surface area contributed by atoms with Crippen LogP contribution in [0.2, 0.25) is 0 Å². The van der Waals surface area contributed by atoms with Gasteiger partial charge in [-0.05, 0) is 67.9 Å². The maximum atomic E-state index is 13.5. The Morgan fingerprint density at radius 3 is 2.56 bits per heavy atom. The summed E-state index contributed by atoms with van der Waals surface area (Å²) in [5.41, 5.74) is 3.66. The summed E-state index contributed by atoms with van der Waals surface area (Å²) in [7, 11) is 0. The molecule has 4 rings (SSSR count). The van der Waals surface area contributed by atoms with Crippen LogP contribution in [0.15, 0.2) is 54.7 Å². The molecule has 1 saturated heterocycles. The van der Waals surface area contributed by atoms with E-state index in [1.165, 1.54) is 25.0 Å². The van der Waals surface area contributed by atoms with Crippen molar-refractivity contribution >= 4 is 35.7 Å². The van der Waals surface area contributed by atoms with Crippen molar-refractivity contribution in [3.8, 4) is 23.0 Å². The molecule has 2 heterocycles. The zero-order valence-corrected chi connectivity index (χ0v) is 16.5. The smallest absolute Gasteiger partial charge is 0.123 e. The molecule has 5 heteroatoms. The normalized spacial score (nSPS) is 13.4. The molecule has 2 nitrogen and oxygen atoms in total. The van der Waals surface area contributed by atoms with Crippen molar-refractivity contribution in [2.75, 3.05) is 19.6 Å². The number of likely N-dealkylation sites (tertiary alicyclic amines) is 1. The average molecular weight is 403 g/mol. The van der Waals surface area contributed by atoms with E-state index in [0.717, 1.165) is 47.2 Å². The molecule has 1 aliphatic rings. The van der Waals surface area contributed by atoms with E-state index in [2.05, 4.69) is 27.8 Å². The molecule has 0 spiro atoms. The number of benzene rings is 2. The van der Waals surface area contributed by atoms with Gasteiger partial charge in [0, 0.05) is 22.7 Å². The van der Waals surface area contributed by atoms with Crippen LogP contribution in [0.3, 0.4) is 0 Å². The highest BCUT2D eigenvalue weighted by Crippen LogP contribution is 2.24. The summed E-state index contributed by atoms with van der Waals surface area (Å²) in [6, 6.07) is 14.7. The third kappa shape index (κ3) is 5.20. The van der Waals surface area contributed by atoms with Crippen LogP contribution in [0.5, 0.6) is 0 Å². The Labute approximate surface area is 171 Å². The van der Waals surface area contributed by atoms with Crippen LogP contribution in [0.1, 0.15) is 18.4 Å². The molecule has 0 amide bonds. The van der Waals surface area contributed by atoms with Crippen molar-refractivity contribution < 1.29 is 4.39 Å². The lowest BCUT2D eigenvalue weighted by Crippen LogP contribution is -2.18. The molecule has 0 aliphatic carbocycles. The monoisotopic (exact) mass is 402 g/mol. The molecule has 1 aromatic heterocycles. The van der Waals surface area contributed by atoms with E-state index in [0.29, 0.717) is 0 Å². The second kappa shape index (κ2) is 9.71. The van der Waals surface area contributed by atoms with Crippen LogP contribution in [0.4, 0.5) is 4.39 Å². The largest absolute Gasteiger partial charge is 0.292 e. The second-order valence-electron chi connectivity index (χ2n) is 6.43. The first-order valence-corrected chi connectivity index (χ1v) is 8.65. The average Bonchev–Trinajstić information content (AvgIpc) is 3.14. The molecule has 0 unspecified atom stereocenters. The zero-order chi connectivity index (χ0) is 17.1. The van der Waals surface area contributed by atoms with Crippen LogP contribution < -0.4 is 0 Å². The molecule has 1 aliphatic heterocycles. The van der Waals surface area contributed by atoms with Gasteiger partial charge in [0.1, 0.15) is 5.82 Å². The summed E-state index contributed by atoms with van der Waals surface area (Å²) in [6.07, 6.45) is 4.36. The third-order valence-corrected chi connectivity index (χ3v) is 4.57. The summed E-state index contributed by atoms with van der Waals surface area (Å²) in [5.74, 6) is 6.28. The van der Waals surface area contributed by atoms with Gasteiger partial charge in [0.2, 0.25) is 0 Å². The first kappa shape index (κ1) is 21.2. The predicted octanol–water partition coefficient (Wildman–Crippen LogP) is 5.33. The quantitative estimate of drug-likeness (QED) is 0.538. The van der Waals surface area contributed by atoms with Crippen molar-refractivity contribution in [3.05, 3.63) is 66.1 Å². The number of rotatable bonds is 2. The lowest BCUT2D eigenvalue weighted by Gasteiger charge is -2.08. The number of hydrogen-bond acceptors (Lipinski definition) is 2. The van der Waals surface area contributed by atoms with E-state index in [1.807, 2.05) is 24.3 Å². The maximum absolute atomic E-state index is 13.5. The van der Waals surface area contributed by atoms with Crippen molar-refractivity contribution in [2.24, 2.45) is 0 Å². The lowest BCUT2D eigenvalue weighted by atomic mass is 10.0. The van der Waals surface area contributed by atoms with E-state index in [4.69, 9.17) is 0 Å². The minimum atomic E-state index is -0.237. The van der Waals surface area contributed by atoms with Gasteiger partial charge in [0.05, 0.1) is 12.1 Å². The maximum Gasteiger partial charge on any atom is 0.123 e. The first-order valence-electron chi connectivity index (χ1n) is 8.65. The molecule has 2 aromatic carbocycles. The second-order valence-corrected chi connectivity index (χ2v) is 6.43. The van der Waals surface area contributed by atoms with Crippen LogP contribution in [0.25, 0.3) is 22.0 Å². The molecular weight excluding hydrogens is 382 g/mol. The summed E-state index contributed by atoms with van der Waals surface area (Å²) >= 11 is 0. The van der Waals surface area contributed by atoms with E-state index in [1.54, 1.807) is 12.3 Å². The van der Waals surface area contributed by atoms with Gasteiger partial charge in [-0.1, -0.05) is 24.0 Å². The third-order valence-electron chi connectivity index (χ3n) is 4.57. The number of fused-ring (bicyclic) bond motifs is 1. The summed E-state index contributed by atoms with van der Waals surface area (Å²) in [5, 5.41) is 1.02. The number of hydrogen-bond donors (Lipinski definition) is 0. The number of halogens is 3. The molecular formula is C22H21Cl2FN2. The van der Waals surface area contributed by atoms with E-state index in [9.17, 15) is 4.39 Å². The van der Waals surface area contributed by atoms with Gasteiger partial charge in [-0.2, -0.15) is 0 Å². The SMILES string of the molecule is Cl.Cl.Fc1cccc(-c2cnc3ccc(C#CCN4CCCC4)cc3c2)c1.